The van der Waals surface area contributed by atoms with Gasteiger partial charge in [0.15, 0.2) is 0 Å². The minimum atomic E-state index is -0.438. The Morgan fingerprint density at radius 2 is 1.96 bits per heavy atom. The van der Waals surface area contributed by atoms with Gasteiger partial charge in [-0.15, -0.1) is 0 Å². The Morgan fingerprint density at radius 1 is 1.28 bits per heavy atom. The summed E-state index contributed by atoms with van der Waals surface area (Å²) in [5.41, 5.74) is -0.204. The second-order valence-electron chi connectivity index (χ2n) is 8.11. The molecule has 3 aliphatic rings. The van der Waals surface area contributed by atoms with Crippen LogP contribution in [0.5, 0.6) is 0 Å². The fraction of sp³-hybridized carbons (Fsp3) is 0.632. The average molecular weight is 346 g/mol. The molecule has 6 heteroatoms. The number of nitrogens with zero attached hydrogens (tertiary/aromatic N) is 2. The number of carbonyl (C=O) groups excluding carboxylic acids is 1. The molecule has 136 valence electrons. The van der Waals surface area contributed by atoms with Crippen LogP contribution in [0.15, 0.2) is 21.9 Å². The molecule has 2 bridgehead atoms. The van der Waals surface area contributed by atoms with Gasteiger partial charge in [-0.1, -0.05) is 20.8 Å². The molecule has 3 fully saturated rings. The Hall–Kier alpha value is -2.11. The number of aryl methyl sites for hydroxylation is 1. The monoisotopic (exact) mass is 346 g/mol. The van der Waals surface area contributed by atoms with Gasteiger partial charge in [-0.3, -0.25) is 9.36 Å². The zero-order valence-electron chi connectivity index (χ0n) is 15.5. The van der Waals surface area contributed by atoms with Crippen molar-refractivity contribution in [2.75, 3.05) is 0 Å². The Kier molecular flexibility index (Phi) is 4.25. The van der Waals surface area contributed by atoms with E-state index in [0.717, 1.165) is 11.0 Å². The maximum Gasteiger partial charge on any atom is 0.331 e. The summed E-state index contributed by atoms with van der Waals surface area (Å²) in [4.78, 5) is 35.9. The van der Waals surface area contributed by atoms with Crippen LogP contribution in [0.4, 0.5) is 0 Å². The van der Waals surface area contributed by atoms with Crippen molar-refractivity contribution >= 4 is 12.0 Å². The van der Waals surface area contributed by atoms with Crippen molar-refractivity contribution in [2.24, 2.45) is 37.3 Å². The molecule has 4 rings (SSSR count). The van der Waals surface area contributed by atoms with E-state index in [9.17, 15) is 14.4 Å². The molecule has 0 spiro atoms. The van der Waals surface area contributed by atoms with Crippen molar-refractivity contribution in [3.8, 4) is 0 Å². The molecule has 0 radical (unpaired) electrons. The molecule has 4 atom stereocenters. The number of carbonyl (C=O) groups is 1. The summed E-state index contributed by atoms with van der Waals surface area (Å²) < 4.78 is 7.97. The van der Waals surface area contributed by atoms with E-state index in [4.69, 9.17) is 4.74 Å². The van der Waals surface area contributed by atoms with Gasteiger partial charge in [-0.2, -0.15) is 0 Å². The van der Waals surface area contributed by atoms with Crippen LogP contribution < -0.4 is 11.2 Å². The number of ether oxygens (including phenoxy) is 1. The summed E-state index contributed by atoms with van der Waals surface area (Å²) in [6.45, 7) is 6.76. The van der Waals surface area contributed by atoms with E-state index in [1.807, 2.05) is 0 Å². The SMILES string of the molecule is C[C@@H]1[C@@H](OC(=O)/C=C/c2cn(C)c(=O)n(C)c2=O)C[C@H]2C[C@H]1C2(C)C. The highest BCUT2D eigenvalue weighted by Gasteiger charge is 2.57. The van der Waals surface area contributed by atoms with Gasteiger partial charge < -0.3 is 9.30 Å². The quantitative estimate of drug-likeness (QED) is 0.617. The number of fused-ring (bicyclic) bond motifs is 2. The minimum Gasteiger partial charge on any atom is -0.459 e. The Morgan fingerprint density at radius 3 is 2.56 bits per heavy atom. The van der Waals surface area contributed by atoms with Crippen molar-refractivity contribution < 1.29 is 9.53 Å². The highest BCUT2D eigenvalue weighted by Crippen LogP contribution is 2.61. The molecule has 3 saturated carbocycles. The van der Waals surface area contributed by atoms with E-state index in [1.54, 1.807) is 7.05 Å². The third-order valence-corrected chi connectivity index (χ3v) is 6.42. The molecule has 1 heterocycles. The molecule has 0 N–H and O–H groups in total. The molecule has 25 heavy (non-hydrogen) atoms. The summed E-state index contributed by atoms with van der Waals surface area (Å²) >= 11 is 0. The molecule has 0 saturated heterocycles. The molecular weight excluding hydrogens is 320 g/mol. The van der Waals surface area contributed by atoms with Crippen molar-refractivity contribution in [2.45, 2.75) is 39.7 Å². The molecule has 1 aromatic rings. The Bertz CT molecular complexity index is 846. The lowest BCUT2D eigenvalue weighted by atomic mass is 9.45. The highest BCUT2D eigenvalue weighted by molar-refractivity contribution is 5.87. The van der Waals surface area contributed by atoms with E-state index in [-0.39, 0.29) is 11.7 Å². The van der Waals surface area contributed by atoms with Gasteiger partial charge in [0.1, 0.15) is 6.10 Å². The van der Waals surface area contributed by atoms with E-state index < -0.39 is 17.2 Å². The molecular formula is C19H26N2O4. The largest absolute Gasteiger partial charge is 0.459 e. The zero-order chi connectivity index (χ0) is 18.5. The standard InChI is InChI=1S/C19H26N2O4/c1-11-14-8-13(19(14,2)3)9-15(11)25-16(22)7-6-12-10-20(4)18(24)21(5)17(12)23/h6-7,10-11,13-15H,8-9H2,1-5H3/b7-6+/t11-,13+,14+,15-/m0/s1. The Balaban J connectivity index is 1.69. The summed E-state index contributed by atoms with van der Waals surface area (Å²) in [7, 11) is 2.98. The second kappa shape index (κ2) is 6.00. The van der Waals surface area contributed by atoms with Gasteiger partial charge in [0.2, 0.25) is 0 Å². The predicted molar refractivity (Wildman–Crippen MR) is 95.0 cm³/mol. The van der Waals surface area contributed by atoms with Gasteiger partial charge >= 0.3 is 11.7 Å². The van der Waals surface area contributed by atoms with E-state index in [0.29, 0.717) is 23.2 Å². The van der Waals surface area contributed by atoms with Crippen LogP contribution >= 0.6 is 0 Å². The van der Waals surface area contributed by atoms with Gasteiger partial charge in [0, 0.05) is 26.4 Å². The smallest absolute Gasteiger partial charge is 0.331 e. The first-order valence-electron chi connectivity index (χ1n) is 8.78. The summed E-state index contributed by atoms with van der Waals surface area (Å²) in [6, 6.07) is 0. The number of hydrogen-bond acceptors (Lipinski definition) is 4. The Labute approximate surface area is 147 Å². The number of aromatic nitrogens is 2. The van der Waals surface area contributed by atoms with Gasteiger partial charge in [0.25, 0.3) is 5.56 Å². The van der Waals surface area contributed by atoms with Gasteiger partial charge in [0.05, 0.1) is 5.56 Å². The fourth-order valence-corrected chi connectivity index (χ4v) is 4.55. The van der Waals surface area contributed by atoms with Crippen LogP contribution in [0.1, 0.15) is 39.2 Å². The molecule has 1 aromatic heterocycles. The number of hydrogen-bond donors (Lipinski definition) is 0. The topological polar surface area (TPSA) is 70.3 Å². The third-order valence-electron chi connectivity index (χ3n) is 6.42. The summed E-state index contributed by atoms with van der Waals surface area (Å²) in [5.74, 6) is 1.13. The lowest BCUT2D eigenvalue weighted by molar-refractivity contribution is -0.182. The minimum absolute atomic E-state index is 0.0584. The highest BCUT2D eigenvalue weighted by atomic mass is 16.5. The first-order valence-corrected chi connectivity index (χ1v) is 8.78. The maximum absolute atomic E-state index is 12.2. The van der Waals surface area contributed by atoms with Crippen LogP contribution in [0.3, 0.4) is 0 Å². The summed E-state index contributed by atoms with van der Waals surface area (Å²) in [6.07, 6.45) is 6.20. The van der Waals surface area contributed by atoms with Gasteiger partial charge in [-0.05, 0) is 42.1 Å². The first kappa shape index (κ1) is 17.7. The first-order chi connectivity index (χ1) is 11.6. The van der Waals surface area contributed by atoms with Crippen molar-refractivity contribution in [1.29, 1.82) is 0 Å². The third kappa shape index (κ3) is 2.87. The fourth-order valence-electron chi connectivity index (χ4n) is 4.55. The number of rotatable bonds is 3. The summed E-state index contributed by atoms with van der Waals surface area (Å²) in [5, 5.41) is 0. The average Bonchev–Trinajstić information content (AvgIpc) is 2.56. The molecule has 6 nitrogen and oxygen atoms in total. The van der Waals surface area contributed by atoms with E-state index >= 15 is 0 Å². The molecule has 0 amide bonds. The van der Waals surface area contributed by atoms with Crippen LogP contribution in [-0.4, -0.2) is 21.2 Å². The second-order valence-corrected chi connectivity index (χ2v) is 8.11. The van der Waals surface area contributed by atoms with Crippen LogP contribution in [0.25, 0.3) is 6.08 Å². The molecule has 0 unspecified atom stereocenters. The van der Waals surface area contributed by atoms with Gasteiger partial charge in [-0.25, -0.2) is 9.59 Å². The molecule has 0 aliphatic heterocycles. The van der Waals surface area contributed by atoms with E-state index in [1.165, 1.54) is 36.4 Å². The molecule has 0 aromatic carbocycles. The van der Waals surface area contributed by atoms with E-state index in [2.05, 4.69) is 20.8 Å². The lowest BCUT2D eigenvalue weighted by Crippen LogP contribution is -2.57. The van der Waals surface area contributed by atoms with Crippen LogP contribution in [0.2, 0.25) is 0 Å². The van der Waals surface area contributed by atoms with Crippen LogP contribution in [-0.2, 0) is 23.6 Å². The van der Waals surface area contributed by atoms with Crippen molar-refractivity contribution in [1.82, 2.24) is 9.13 Å². The maximum atomic E-state index is 12.2. The lowest BCUT2D eigenvalue weighted by Gasteiger charge is -2.61. The predicted octanol–water partition coefficient (Wildman–Crippen LogP) is 1.71. The van der Waals surface area contributed by atoms with Crippen molar-refractivity contribution in [3.05, 3.63) is 38.7 Å². The zero-order valence-corrected chi connectivity index (χ0v) is 15.5. The molecule has 3 aliphatic carbocycles. The van der Waals surface area contributed by atoms with Crippen LogP contribution in [0, 0.1) is 23.2 Å². The normalized spacial score (nSPS) is 30.1. The van der Waals surface area contributed by atoms with Crippen molar-refractivity contribution in [3.63, 3.8) is 0 Å². The number of esters is 1.